The fourth-order valence-corrected chi connectivity index (χ4v) is 2.50. The fourth-order valence-electron chi connectivity index (χ4n) is 2.50. The zero-order valence-corrected chi connectivity index (χ0v) is 11.3. The number of hydrogen-bond acceptors (Lipinski definition) is 5. The second-order valence-corrected chi connectivity index (χ2v) is 4.82. The molecule has 0 atom stereocenters. The van der Waals surface area contributed by atoms with Crippen LogP contribution >= 0.6 is 0 Å². The Bertz CT molecular complexity index is 507. The Morgan fingerprint density at radius 3 is 2.70 bits per heavy atom. The third kappa shape index (κ3) is 2.52. The van der Waals surface area contributed by atoms with E-state index < -0.39 is 5.41 Å². The molecule has 0 spiro atoms. The molecule has 0 aliphatic heterocycles. The number of hydrogen-bond donors (Lipinski definition) is 3. The summed E-state index contributed by atoms with van der Waals surface area (Å²) >= 11 is 0. The van der Waals surface area contributed by atoms with E-state index in [1.165, 1.54) is 13.3 Å². The maximum Gasteiger partial charge on any atom is 0.238 e. The molecule has 0 aromatic carbocycles. The van der Waals surface area contributed by atoms with Gasteiger partial charge in [-0.1, -0.05) is 18.0 Å². The van der Waals surface area contributed by atoms with Crippen molar-refractivity contribution < 1.29 is 14.7 Å². The molecule has 7 heteroatoms. The highest BCUT2D eigenvalue weighted by molar-refractivity contribution is 6.12. The Morgan fingerprint density at radius 1 is 1.50 bits per heavy atom. The molecule has 1 heterocycles. The van der Waals surface area contributed by atoms with Gasteiger partial charge in [-0.25, -0.2) is 4.98 Å². The van der Waals surface area contributed by atoms with Crippen molar-refractivity contribution in [2.75, 3.05) is 12.4 Å². The van der Waals surface area contributed by atoms with Gasteiger partial charge in [0.05, 0.1) is 19.0 Å². The highest BCUT2D eigenvalue weighted by Gasteiger charge is 2.45. The van der Waals surface area contributed by atoms with E-state index in [1.807, 2.05) is 0 Å². The molecule has 1 aromatic rings. The molecule has 1 aromatic heterocycles. The van der Waals surface area contributed by atoms with Crippen molar-refractivity contribution >= 4 is 17.4 Å². The quantitative estimate of drug-likeness (QED) is 0.333. The van der Waals surface area contributed by atoms with Crippen LogP contribution in [0.25, 0.3) is 0 Å². The largest absolute Gasteiger partial charge is 0.481 e. The monoisotopic (exact) mass is 278 g/mol. The van der Waals surface area contributed by atoms with Crippen LogP contribution in [0, 0.1) is 5.41 Å². The molecule has 0 saturated heterocycles. The summed E-state index contributed by atoms with van der Waals surface area (Å²) in [6, 6.07) is 3.35. The number of ether oxygens (including phenoxy) is 1. The Hall–Kier alpha value is -2.31. The molecular formula is C13H18N4O3. The van der Waals surface area contributed by atoms with Crippen LogP contribution < -0.4 is 15.8 Å². The number of anilines is 1. The van der Waals surface area contributed by atoms with Gasteiger partial charge in [-0.3, -0.25) is 4.79 Å². The van der Waals surface area contributed by atoms with Crippen molar-refractivity contribution in [3.63, 3.8) is 0 Å². The van der Waals surface area contributed by atoms with E-state index in [9.17, 15) is 4.79 Å². The van der Waals surface area contributed by atoms with Crippen LogP contribution in [-0.2, 0) is 4.79 Å². The first-order chi connectivity index (χ1) is 9.62. The zero-order chi connectivity index (χ0) is 14.6. The molecule has 0 unspecified atom stereocenters. The highest BCUT2D eigenvalue weighted by Crippen LogP contribution is 2.39. The van der Waals surface area contributed by atoms with Crippen LogP contribution in [0.4, 0.5) is 5.69 Å². The van der Waals surface area contributed by atoms with Gasteiger partial charge in [0.2, 0.25) is 11.8 Å². The first-order valence-electron chi connectivity index (χ1n) is 6.42. The molecule has 1 fully saturated rings. The number of aromatic nitrogens is 1. The summed E-state index contributed by atoms with van der Waals surface area (Å²) in [5.74, 6) is 0.168. The third-order valence-electron chi connectivity index (χ3n) is 3.69. The number of amides is 1. The van der Waals surface area contributed by atoms with E-state index in [4.69, 9.17) is 15.7 Å². The Labute approximate surface area is 116 Å². The molecule has 20 heavy (non-hydrogen) atoms. The van der Waals surface area contributed by atoms with Crippen molar-refractivity contribution in [2.45, 2.75) is 25.7 Å². The van der Waals surface area contributed by atoms with E-state index in [0.29, 0.717) is 24.4 Å². The van der Waals surface area contributed by atoms with Crippen LogP contribution in [0.2, 0.25) is 0 Å². The van der Waals surface area contributed by atoms with E-state index in [0.717, 1.165) is 12.8 Å². The summed E-state index contributed by atoms with van der Waals surface area (Å²) in [7, 11) is 1.52. The molecule has 0 radical (unpaired) electrons. The van der Waals surface area contributed by atoms with Gasteiger partial charge >= 0.3 is 0 Å². The first kappa shape index (κ1) is 14.1. The second-order valence-electron chi connectivity index (χ2n) is 4.82. The smallest absolute Gasteiger partial charge is 0.238 e. The first-order valence-corrected chi connectivity index (χ1v) is 6.42. The van der Waals surface area contributed by atoms with Gasteiger partial charge in [0, 0.05) is 6.07 Å². The summed E-state index contributed by atoms with van der Waals surface area (Å²) in [5, 5.41) is 14.7. The Balaban J connectivity index is 2.16. The van der Waals surface area contributed by atoms with Crippen LogP contribution in [0.15, 0.2) is 23.5 Å². The van der Waals surface area contributed by atoms with Crippen molar-refractivity contribution in [2.24, 2.45) is 16.3 Å². The average Bonchev–Trinajstić information content (AvgIpc) is 2.98. The van der Waals surface area contributed by atoms with Crippen LogP contribution in [0.3, 0.4) is 0 Å². The van der Waals surface area contributed by atoms with Gasteiger partial charge in [-0.2, -0.15) is 0 Å². The number of oxime groups is 1. The summed E-state index contributed by atoms with van der Waals surface area (Å²) in [6.45, 7) is 0. The van der Waals surface area contributed by atoms with Crippen LogP contribution in [0.1, 0.15) is 25.7 Å². The van der Waals surface area contributed by atoms with Crippen molar-refractivity contribution in [1.82, 2.24) is 4.98 Å². The average molecular weight is 278 g/mol. The van der Waals surface area contributed by atoms with Gasteiger partial charge in [0.25, 0.3) is 0 Å². The van der Waals surface area contributed by atoms with Gasteiger partial charge in [-0.15, -0.1) is 0 Å². The van der Waals surface area contributed by atoms with Crippen LogP contribution in [-0.4, -0.2) is 29.0 Å². The Kier molecular flexibility index (Phi) is 4.07. The fraction of sp³-hybridized carbons (Fsp3) is 0.462. The minimum absolute atomic E-state index is 0.0334. The van der Waals surface area contributed by atoms with Crippen molar-refractivity contribution in [3.05, 3.63) is 18.3 Å². The number of amidine groups is 1. The predicted molar refractivity (Wildman–Crippen MR) is 73.7 cm³/mol. The minimum atomic E-state index is -0.922. The molecule has 0 bridgehead atoms. The van der Waals surface area contributed by atoms with Crippen molar-refractivity contribution in [1.29, 1.82) is 0 Å². The van der Waals surface area contributed by atoms with E-state index >= 15 is 0 Å². The summed E-state index contributed by atoms with van der Waals surface area (Å²) in [6.07, 6.45) is 4.43. The third-order valence-corrected chi connectivity index (χ3v) is 3.69. The number of nitrogens with zero attached hydrogens (tertiary/aromatic N) is 2. The predicted octanol–water partition coefficient (Wildman–Crippen LogP) is 1.34. The van der Waals surface area contributed by atoms with Gasteiger partial charge in [0.1, 0.15) is 5.41 Å². The molecule has 7 nitrogen and oxygen atoms in total. The molecule has 1 amide bonds. The van der Waals surface area contributed by atoms with E-state index in [-0.39, 0.29) is 11.7 Å². The molecule has 2 rings (SSSR count). The second kappa shape index (κ2) is 5.77. The molecular weight excluding hydrogens is 260 g/mol. The maximum atomic E-state index is 12.4. The number of carbonyl (C=O) groups is 1. The Morgan fingerprint density at radius 2 is 2.20 bits per heavy atom. The lowest BCUT2D eigenvalue weighted by molar-refractivity contribution is -0.122. The molecule has 1 saturated carbocycles. The molecule has 1 aliphatic carbocycles. The minimum Gasteiger partial charge on any atom is -0.481 e. The lowest BCUT2D eigenvalue weighted by Gasteiger charge is -2.25. The van der Waals surface area contributed by atoms with E-state index in [1.54, 1.807) is 12.1 Å². The van der Waals surface area contributed by atoms with Crippen LogP contribution in [0.5, 0.6) is 5.88 Å². The van der Waals surface area contributed by atoms with Crippen molar-refractivity contribution in [3.8, 4) is 5.88 Å². The number of pyridine rings is 1. The van der Waals surface area contributed by atoms with Gasteiger partial charge in [0.15, 0.2) is 5.84 Å². The number of nitrogens with two attached hydrogens (primary N) is 1. The van der Waals surface area contributed by atoms with E-state index in [2.05, 4.69) is 15.5 Å². The van der Waals surface area contributed by atoms with Gasteiger partial charge < -0.3 is 21.0 Å². The maximum absolute atomic E-state index is 12.4. The number of carbonyl (C=O) groups excluding carboxylic acids is 1. The van der Waals surface area contributed by atoms with Gasteiger partial charge in [-0.05, 0) is 18.9 Å². The zero-order valence-electron chi connectivity index (χ0n) is 11.3. The highest BCUT2D eigenvalue weighted by atomic mass is 16.5. The lowest BCUT2D eigenvalue weighted by Crippen LogP contribution is -2.45. The molecule has 1 aliphatic rings. The SMILES string of the molecule is COc1ccc(NC(=O)C2(C(N)=NO)CCCC2)cn1. The standard InChI is InChI=1S/C13H18N4O3/c1-20-10-5-4-9(8-15-10)16-12(18)13(11(14)17-19)6-2-3-7-13/h4-5,8,19H,2-3,6-7H2,1H3,(H2,14,17)(H,16,18). The summed E-state index contributed by atoms with van der Waals surface area (Å²) in [5.41, 5.74) is 5.34. The number of rotatable bonds is 4. The lowest BCUT2D eigenvalue weighted by atomic mass is 9.83. The number of methoxy groups -OCH3 is 1. The summed E-state index contributed by atoms with van der Waals surface area (Å²) < 4.78 is 4.95. The molecule has 108 valence electrons. The number of nitrogens with one attached hydrogen (secondary N) is 1. The molecule has 4 N–H and O–H groups in total. The summed E-state index contributed by atoms with van der Waals surface area (Å²) in [4.78, 5) is 16.5. The normalized spacial score (nSPS) is 17.8. The topological polar surface area (TPSA) is 110 Å².